The van der Waals surface area contributed by atoms with Crippen LogP contribution in [0.15, 0.2) is 60.5 Å². The van der Waals surface area contributed by atoms with Gasteiger partial charge in [0.05, 0.1) is 0 Å². The average molecular weight is 401 g/mol. The van der Waals surface area contributed by atoms with Crippen molar-refractivity contribution in [1.29, 1.82) is 0 Å². The molecule has 0 radical (unpaired) electrons. The molecule has 0 unspecified atom stereocenters. The van der Waals surface area contributed by atoms with Crippen LogP contribution in [0, 0.1) is 0 Å². The number of rotatable bonds is 5. The van der Waals surface area contributed by atoms with Gasteiger partial charge in [0.1, 0.15) is 12.2 Å². The van der Waals surface area contributed by atoms with Crippen LogP contribution in [0.2, 0.25) is 0 Å². The summed E-state index contributed by atoms with van der Waals surface area (Å²) in [7, 11) is 0. The Morgan fingerprint density at radius 3 is 2.83 bits per heavy atom. The van der Waals surface area contributed by atoms with E-state index in [-0.39, 0.29) is 6.04 Å². The minimum Gasteiger partial charge on any atom is -0.364 e. The number of benzene rings is 1. The first-order chi connectivity index (χ1) is 14.2. The highest BCUT2D eigenvalue weighted by Crippen LogP contribution is 2.37. The molecule has 0 saturated carbocycles. The first-order valence-corrected chi connectivity index (χ1v) is 10.4. The largest absolute Gasteiger partial charge is 0.364 e. The zero-order chi connectivity index (χ0) is 19.8. The van der Waals surface area contributed by atoms with Crippen molar-refractivity contribution >= 4 is 38.4 Å². The SMILES string of the molecule is CC(C)n1c(-c2csc3ccccc23)nc2c(NCc3cccnc3)ncnc21. The summed E-state index contributed by atoms with van der Waals surface area (Å²) in [6, 6.07) is 12.6. The van der Waals surface area contributed by atoms with Crippen LogP contribution in [0.5, 0.6) is 0 Å². The zero-order valence-corrected chi connectivity index (χ0v) is 17.0. The Hall–Kier alpha value is -3.32. The van der Waals surface area contributed by atoms with Crippen molar-refractivity contribution < 1.29 is 0 Å². The molecule has 0 fully saturated rings. The summed E-state index contributed by atoms with van der Waals surface area (Å²) < 4.78 is 3.45. The van der Waals surface area contributed by atoms with E-state index in [1.54, 1.807) is 23.9 Å². The van der Waals surface area contributed by atoms with Gasteiger partial charge < -0.3 is 9.88 Å². The Morgan fingerprint density at radius 1 is 1.10 bits per heavy atom. The van der Waals surface area contributed by atoms with Crippen LogP contribution in [0.25, 0.3) is 32.6 Å². The second-order valence-corrected chi connectivity index (χ2v) is 8.07. The monoisotopic (exact) mass is 400 g/mol. The van der Waals surface area contributed by atoms with Gasteiger partial charge in [0.15, 0.2) is 17.0 Å². The Morgan fingerprint density at radius 2 is 2.00 bits per heavy atom. The van der Waals surface area contributed by atoms with Gasteiger partial charge in [-0.2, -0.15) is 0 Å². The van der Waals surface area contributed by atoms with E-state index in [1.165, 1.54) is 10.1 Å². The molecule has 0 bridgehead atoms. The number of hydrogen-bond acceptors (Lipinski definition) is 6. The van der Waals surface area contributed by atoms with E-state index < -0.39 is 0 Å². The first kappa shape index (κ1) is 17.8. The van der Waals surface area contributed by atoms with E-state index in [9.17, 15) is 0 Å². The van der Waals surface area contributed by atoms with Crippen LogP contribution in [0.3, 0.4) is 0 Å². The highest BCUT2D eigenvalue weighted by molar-refractivity contribution is 7.17. The molecule has 0 amide bonds. The number of pyridine rings is 1. The number of hydrogen-bond donors (Lipinski definition) is 1. The molecule has 0 aliphatic heterocycles. The predicted molar refractivity (Wildman–Crippen MR) is 118 cm³/mol. The van der Waals surface area contributed by atoms with Crippen LogP contribution in [-0.4, -0.2) is 24.5 Å². The molecule has 5 rings (SSSR count). The molecule has 0 aliphatic rings. The molecule has 0 atom stereocenters. The number of aromatic nitrogens is 5. The third-order valence-electron chi connectivity index (χ3n) is 4.90. The predicted octanol–water partition coefficient (Wildman–Crippen LogP) is 5.30. The molecule has 6 nitrogen and oxygen atoms in total. The van der Waals surface area contributed by atoms with Gasteiger partial charge in [0, 0.05) is 46.0 Å². The number of thiophene rings is 1. The van der Waals surface area contributed by atoms with E-state index >= 15 is 0 Å². The van der Waals surface area contributed by atoms with Crippen molar-refractivity contribution in [3.63, 3.8) is 0 Å². The highest BCUT2D eigenvalue weighted by atomic mass is 32.1. The minimum absolute atomic E-state index is 0.217. The second kappa shape index (κ2) is 7.25. The summed E-state index contributed by atoms with van der Waals surface area (Å²) in [5, 5.41) is 6.80. The van der Waals surface area contributed by atoms with Crippen LogP contribution >= 0.6 is 11.3 Å². The maximum absolute atomic E-state index is 5.01. The highest BCUT2D eigenvalue weighted by Gasteiger charge is 2.21. The molecule has 0 saturated heterocycles. The Bertz CT molecular complexity index is 1290. The normalized spacial score (nSPS) is 11.6. The standard InChI is InChI=1S/C22H20N6S/c1-14(2)28-21(17-12-29-18-8-4-3-7-16(17)18)27-19-20(25-13-26-22(19)28)24-11-15-6-5-9-23-10-15/h3-10,12-14H,11H2,1-2H3,(H,24,25,26). The van der Waals surface area contributed by atoms with Gasteiger partial charge in [-0.3, -0.25) is 4.98 Å². The zero-order valence-electron chi connectivity index (χ0n) is 16.2. The molecular weight excluding hydrogens is 380 g/mol. The average Bonchev–Trinajstić information content (AvgIpc) is 3.34. The molecule has 5 aromatic rings. The fourth-order valence-electron chi connectivity index (χ4n) is 3.56. The maximum atomic E-state index is 5.01. The fourth-order valence-corrected chi connectivity index (χ4v) is 4.50. The summed E-state index contributed by atoms with van der Waals surface area (Å²) in [5.74, 6) is 1.66. The lowest BCUT2D eigenvalue weighted by molar-refractivity contribution is 0.620. The fraction of sp³-hybridized carbons (Fsp3) is 0.182. The van der Waals surface area contributed by atoms with Gasteiger partial charge in [-0.05, 0) is 31.5 Å². The molecule has 0 aliphatic carbocycles. The molecule has 29 heavy (non-hydrogen) atoms. The Balaban J connectivity index is 1.64. The van der Waals surface area contributed by atoms with Crippen LogP contribution in [0.1, 0.15) is 25.5 Å². The molecule has 1 N–H and O–H groups in total. The molecule has 7 heteroatoms. The van der Waals surface area contributed by atoms with Gasteiger partial charge in [-0.15, -0.1) is 11.3 Å². The number of imidazole rings is 1. The van der Waals surface area contributed by atoms with E-state index in [0.717, 1.165) is 33.9 Å². The van der Waals surface area contributed by atoms with Crippen molar-refractivity contribution in [2.75, 3.05) is 5.32 Å². The smallest absolute Gasteiger partial charge is 0.166 e. The summed E-state index contributed by atoms with van der Waals surface area (Å²) in [6.07, 6.45) is 5.22. The third kappa shape index (κ3) is 3.13. The van der Waals surface area contributed by atoms with Crippen LogP contribution < -0.4 is 5.32 Å². The lowest BCUT2D eigenvalue weighted by Crippen LogP contribution is -2.05. The Labute approximate surface area is 172 Å². The lowest BCUT2D eigenvalue weighted by Gasteiger charge is -2.12. The minimum atomic E-state index is 0.217. The van der Waals surface area contributed by atoms with Crippen LogP contribution in [0.4, 0.5) is 5.82 Å². The third-order valence-corrected chi connectivity index (χ3v) is 5.86. The van der Waals surface area contributed by atoms with E-state index in [1.807, 2.05) is 18.3 Å². The molecule has 4 aromatic heterocycles. The summed E-state index contributed by atoms with van der Waals surface area (Å²) in [6.45, 7) is 4.94. The summed E-state index contributed by atoms with van der Waals surface area (Å²) >= 11 is 1.74. The van der Waals surface area contributed by atoms with Crippen molar-refractivity contribution in [2.24, 2.45) is 0 Å². The van der Waals surface area contributed by atoms with Gasteiger partial charge in [0.2, 0.25) is 0 Å². The van der Waals surface area contributed by atoms with Crippen molar-refractivity contribution in [1.82, 2.24) is 24.5 Å². The lowest BCUT2D eigenvalue weighted by atomic mass is 10.1. The quantitative estimate of drug-likeness (QED) is 0.434. The molecule has 144 valence electrons. The van der Waals surface area contributed by atoms with Crippen molar-refractivity contribution in [3.8, 4) is 11.4 Å². The van der Waals surface area contributed by atoms with Crippen molar-refractivity contribution in [2.45, 2.75) is 26.4 Å². The summed E-state index contributed by atoms with van der Waals surface area (Å²) in [4.78, 5) is 18.2. The number of nitrogens with one attached hydrogen (secondary N) is 1. The number of anilines is 1. The molecule has 1 aromatic carbocycles. The van der Waals surface area contributed by atoms with E-state index in [2.05, 4.69) is 68.3 Å². The van der Waals surface area contributed by atoms with Crippen molar-refractivity contribution in [3.05, 3.63) is 66.1 Å². The first-order valence-electron chi connectivity index (χ1n) is 9.54. The molecule has 0 spiro atoms. The maximum Gasteiger partial charge on any atom is 0.166 e. The second-order valence-electron chi connectivity index (χ2n) is 7.15. The Kier molecular flexibility index (Phi) is 4.44. The topological polar surface area (TPSA) is 68.5 Å². The van der Waals surface area contributed by atoms with Gasteiger partial charge in [-0.1, -0.05) is 24.3 Å². The van der Waals surface area contributed by atoms with Gasteiger partial charge in [0.25, 0.3) is 0 Å². The van der Waals surface area contributed by atoms with E-state index in [0.29, 0.717) is 6.54 Å². The number of nitrogens with zero attached hydrogens (tertiary/aromatic N) is 5. The van der Waals surface area contributed by atoms with Gasteiger partial charge in [-0.25, -0.2) is 15.0 Å². The molecule has 4 heterocycles. The van der Waals surface area contributed by atoms with E-state index in [4.69, 9.17) is 4.98 Å². The number of fused-ring (bicyclic) bond motifs is 2. The van der Waals surface area contributed by atoms with Gasteiger partial charge >= 0.3 is 0 Å². The van der Waals surface area contributed by atoms with Crippen LogP contribution in [-0.2, 0) is 6.54 Å². The summed E-state index contributed by atoms with van der Waals surface area (Å²) in [5.41, 5.74) is 3.85. The molecular formula is C22H20N6S.